The molecule has 3 N–H and O–H groups in total. The van der Waals surface area contributed by atoms with Gasteiger partial charge in [0.1, 0.15) is 5.54 Å². The number of carbonyl (C=O) groups is 1. The Labute approximate surface area is 103 Å². The molecule has 0 aromatic heterocycles. The van der Waals surface area contributed by atoms with Crippen molar-refractivity contribution in [1.82, 2.24) is 4.90 Å². The maximum Gasteiger partial charge on any atom is 0.323 e. The molecule has 3 unspecified atom stereocenters. The van der Waals surface area contributed by atoms with Gasteiger partial charge < -0.3 is 15.7 Å². The molecule has 2 aliphatic rings. The van der Waals surface area contributed by atoms with Gasteiger partial charge in [-0.15, -0.1) is 0 Å². The summed E-state index contributed by atoms with van der Waals surface area (Å²) in [5.74, 6) is -0.0216. The summed E-state index contributed by atoms with van der Waals surface area (Å²) in [6.07, 6.45) is 5.96. The Kier molecular flexibility index (Phi) is 3.73. The van der Waals surface area contributed by atoms with Gasteiger partial charge >= 0.3 is 5.97 Å². The molecule has 0 bridgehead atoms. The van der Waals surface area contributed by atoms with Crippen molar-refractivity contribution < 1.29 is 9.90 Å². The molecular weight excluding hydrogens is 216 g/mol. The minimum Gasteiger partial charge on any atom is -0.480 e. The Morgan fingerprint density at radius 3 is 2.76 bits per heavy atom. The second-order valence-corrected chi connectivity index (χ2v) is 5.93. The molecule has 2 rings (SSSR count). The lowest BCUT2D eigenvalue weighted by molar-refractivity contribution is -0.143. The molecule has 1 heterocycles. The van der Waals surface area contributed by atoms with Crippen molar-refractivity contribution in [2.75, 3.05) is 13.1 Å². The monoisotopic (exact) mass is 240 g/mol. The van der Waals surface area contributed by atoms with Crippen LogP contribution < -0.4 is 5.73 Å². The average molecular weight is 240 g/mol. The first kappa shape index (κ1) is 12.8. The Morgan fingerprint density at radius 1 is 1.35 bits per heavy atom. The summed E-state index contributed by atoms with van der Waals surface area (Å²) in [6.45, 7) is 4.54. The van der Waals surface area contributed by atoms with Crippen molar-refractivity contribution in [3.05, 3.63) is 0 Å². The molecule has 2 fully saturated rings. The fourth-order valence-electron chi connectivity index (χ4n) is 3.21. The first-order chi connectivity index (χ1) is 8.01. The van der Waals surface area contributed by atoms with E-state index in [-0.39, 0.29) is 0 Å². The number of rotatable bonds is 2. The van der Waals surface area contributed by atoms with E-state index < -0.39 is 11.5 Å². The minimum atomic E-state index is -0.970. The zero-order valence-electron chi connectivity index (χ0n) is 10.7. The van der Waals surface area contributed by atoms with Crippen molar-refractivity contribution in [1.29, 1.82) is 0 Å². The highest BCUT2D eigenvalue weighted by Crippen LogP contribution is 2.33. The van der Waals surface area contributed by atoms with Gasteiger partial charge in [-0.3, -0.25) is 4.79 Å². The van der Waals surface area contributed by atoms with E-state index in [1.165, 1.54) is 19.3 Å². The van der Waals surface area contributed by atoms with Crippen molar-refractivity contribution >= 4 is 5.97 Å². The number of nitrogens with two attached hydrogens (primary N) is 1. The van der Waals surface area contributed by atoms with E-state index in [0.29, 0.717) is 18.9 Å². The highest BCUT2D eigenvalue weighted by molar-refractivity contribution is 5.79. The van der Waals surface area contributed by atoms with Crippen LogP contribution in [-0.4, -0.2) is 40.6 Å². The van der Waals surface area contributed by atoms with Crippen LogP contribution in [0.2, 0.25) is 0 Å². The molecule has 3 atom stereocenters. The summed E-state index contributed by atoms with van der Waals surface area (Å²) >= 11 is 0. The van der Waals surface area contributed by atoms with Crippen LogP contribution in [0.4, 0.5) is 0 Å². The van der Waals surface area contributed by atoms with Crippen LogP contribution in [0.5, 0.6) is 0 Å². The molecular formula is C13H24N2O2. The summed E-state index contributed by atoms with van der Waals surface area (Å²) in [7, 11) is 0. The number of likely N-dealkylation sites (tertiary alicyclic amines) is 1. The number of hydrogen-bond acceptors (Lipinski definition) is 3. The Balaban J connectivity index is 1.94. The smallest absolute Gasteiger partial charge is 0.323 e. The normalized spacial score (nSPS) is 40.1. The first-order valence-electron chi connectivity index (χ1n) is 6.77. The summed E-state index contributed by atoms with van der Waals surface area (Å²) in [6, 6.07) is 0.390. The number of nitrogens with zero attached hydrogens (tertiary/aromatic N) is 1. The van der Waals surface area contributed by atoms with Crippen LogP contribution in [0.3, 0.4) is 0 Å². The van der Waals surface area contributed by atoms with E-state index in [9.17, 15) is 4.79 Å². The van der Waals surface area contributed by atoms with Gasteiger partial charge in [0.05, 0.1) is 0 Å². The molecule has 0 aromatic rings. The molecule has 1 aliphatic heterocycles. The van der Waals surface area contributed by atoms with Gasteiger partial charge in [0.2, 0.25) is 0 Å². The molecule has 1 saturated heterocycles. The second-order valence-electron chi connectivity index (χ2n) is 5.93. The largest absolute Gasteiger partial charge is 0.480 e. The lowest BCUT2D eigenvalue weighted by atomic mass is 9.99. The van der Waals surface area contributed by atoms with Gasteiger partial charge in [-0.25, -0.2) is 0 Å². The molecule has 4 heteroatoms. The predicted molar refractivity (Wildman–Crippen MR) is 66.8 cm³/mol. The van der Waals surface area contributed by atoms with Gasteiger partial charge in [-0.2, -0.15) is 0 Å². The third-order valence-corrected chi connectivity index (χ3v) is 4.52. The molecule has 1 aliphatic carbocycles. The van der Waals surface area contributed by atoms with Crippen LogP contribution in [0, 0.1) is 5.92 Å². The highest BCUT2D eigenvalue weighted by Gasteiger charge is 2.43. The zero-order valence-corrected chi connectivity index (χ0v) is 10.7. The summed E-state index contributed by atoms with van der Waals surface area (Å²) in [5, 5.41) is 9.14. The van der Waals surface area contributed by atoms with Crippen molar-refractivity contribution in [2.24, 2.45) is 11.7 Å². The lowest BCUT2D eigenvalue weighted by Crippen LogP contribution is -2.47. The van der Waals surface area contributed by atoms with E-state index in [1.54, 1.807) is 0 Å². The van der Waals surface area contributed by atoms with Crippen molar-refractivity contribution in [2.45, 2.75) is 57.0 Å². The van der Waals surface area contributed by atoms with Crippen LogP contribution >= 0.6 is 0 Å². The Bertz CT molecular complexity index is 295. The molecule has 4 nitrogen and oxygen atoms in total. The Hall–Kier alpha value is -0.610. The third kappa shape index (κ3) is 2.80. The molecule has 98 valence electrons. The summed E-state index contributed by atoms with van der Waals surface area (Å²) in [4.78, 5) is 13.6. The first-order valence-corrected chi connectivity index (χ1v) is 6.77. The summed E-state index contributed by atoms with van der Waals surface area (Å²) in [5.41, 5.74) is 4.97. The lowest BCUT2D eigenvalue weighted by Gasteiger charge is -2.28. The van der Waals surface area contributed by atoms with Gasteiger partial charge in [-0.05, 0) is 57.5 Å². The topological polar surface area (TPSA) is 66.6 Å². The zero-order chi connectivity index (χ0) is 12.5. The fraction of sp³-hybridized carbons (Fsp3) is 0.923. The number of carboxylic acids is 1. The minimum absolute atomic E-state index is 0.390. The van der Waals surface area contributed by atoms with E-state index >= 15 is 0 Å². The van der Waals surface area contributed by atoms with E-state index in [2.05, 4.69) is 11.8 Å². The molecule has 0 amide bonds. The second kappa shape index (κ2) is 4.94. The third-order valence-electron chi connectivity index (χ3n) is 4.52. The number of carboxylic acid groups (broad SMARTS) is 1. The van der Waals surface area contributed by atoms with Crippen molar-refractivity contribution in [3.63, 3.8) is 0 Å². The number of aliphatic carboxylic acids is 1. The van der Waals surface area contributed by atoms with Crippen LogP contribution in [-0.2, 0) is 4.79 Å². The van der Waals surface area contributed by atoms with Gasteiger partial charge in [0.25, 0.3) is 0 Å². The van der Waals surface area contributed by atoms with Crippen molar-refractivity contribution in [3.8, 4) is 0 Å². The maximum absolute atomic E-state index is 11.1. The summed E-state index contributed by atoms with van der Waals surface area (Å²) < 4.78 is 0. The van der Waals surface area contributed by atoms with Gasteiger partial charge in [0.15, 0.2) is 0 Å². The molecule has 0 spiro atoms. The van der Waals surface area contributed by atoms with Crippen LogP contribution in [0.15, 0.2) is 0 Å². The number of hydrogen-bond donors (Lipinski definition) is 2. The van der Waals surface area contributed by atoms with E-state index in [0.717, 1.165) is 25.4 Å². The quantitative estimate of drug-likeness (QED) is 0.766. The van der Waals surface area contributed by atoms with Gasteiger partial charge in [0, 0.05) is 6.04 Å². The average Bonchev–Trinajstić information content (AvgIpc) is 2.54. The van der Waals surface area contributed by atoms with E-state index in [1.807, 2.05) is 0 Å². The fourth-order valence-corrected chi connectivity index (χ4v) is 3.21. The Morgan fingerprint density at radius 2 is 2.12 bits per heavy atom. The van der Waals surface area contributed by atoms with Gasteiger partial charge in [-0.1, -0.05) is 6.92 Å². The highest BCUT2D eigenvalue weighted by atomic mass is 16.4. The maximum atomic E-state index is 11.1. The van der Waals surface area contributed by atoms with E-state index in [4.69, 9.17) is 10.8 Å². The predicted octanol–water partition coefficient (Wildman–Crippen LogP) is 1.44. The molecule has 1 saturated carbocycles. The molecule has 0 radical (unpaired) electrons. The van der Waals surface area contributed by atoms with Crippen LogP contribution in [0.1, 0.15) is 45.4 Å². The molecule has 0 aromatic carbocycles. The van der Waals surface area contributed by atoms with Crippen LogP contribution in [0.25, 0.3) is 0 Å². The SMILES string of the molecule is CC1CCCN(C2CCC(N)(C(=O)O)C2)CC1. The standard InChI is InChI=1S/C13H24N2O2/c1-10-3-2-7-15(8-5-10)11-4-6-13(14,9-11)12(16)17/h10-11H,2-9,14H2,1H3,(H,16,17). The molecule has 17 heavy (non-hydrogen) atoms.